The molecule has 0 aliphatic rings. The van der Waals surface area contributed by atoms with Crippen LogP contribution in [0.4, 0.5) is 5.69 Å². The molecule has 0 unspecified atom stereocenters. The lowest BCUT2D eigenvalue weighted by molar-refractivity contribution is -0.135. The van der Waals surface area contributed by atoms with Crippen molar-refractivity contribution in [1.82, 2.24) is 0 Å². The number of amides is 1. The number of rotatable bonds is 6. The molecule has 136 valence electrons. The Kier molecular flexibility index (Phi) is 6.74. The lowest BCUT2D eigenvalue weighted by Gasteiger charge is -2.12. The SMILES string of the molecule is COC=C(Oc1ccc(Cl)cc1C(=O)Nc1cc(Cl)cc(Cl)c1)C(=O)O. The fraction of sp³-hybridized carbons (Fsp3) is 0.0588. The quantitative estimate of drug-likeness (QED) is 0.519. The van der Waals surface area contributed by atoms with E-state index in [1.165, 1.54) is 43.5 Å². The van der Waals surface area contributed by atoms with E-state index in [9.17, 15) is 9.59 Å². The van der Waals surface area contributed by atoms with Crippen molar-refractivity contribution in [2.45, 2.75) is 0 Å². The van der Waals surface area contributed by atoms with Crippen LogP contribution in [0, 0.1) is 0 Å². The summed E-state index contributed by atoms with van der Waals surface area (Å²) in [5.74, 6) is -2.49. The highest BCUT2D eigenvalue weighted by Crippen LogP contribution is 2.27. The second-order valence-corrected chi connectivity index (χ2v) is 6.19. The molecule has 1 amide bonds. The summed E-state index contributed by atoms with van der Waals surface area (Å²) >= 11 is 17.8. The number of nitrogens with one attached hydrogen (secondary N) is 1. The van der Waals surface area contributed by atoms with Gasteiger partial charge in [-0.1, -0.05) is 34.8 Å². The molecule has 0 atom stereocenters. The van der Waals surface area contributed by atoms with Gasteiger partial charge in [-0.2, -0.15) is 0 Å². The van der Waals surface area contributed by atoms with Crippen LogP contribution in [0.5, 0.6) is 5.75 Å². The van der Waals surface area contributed by atoms with Crippen molar-refractivity contribution in [3.8, 4) is 5.75 Å². The summed E-state index contributed by atoms with van der Waals surface area (Å²) in [7, 11) is 1.27. The third-order valence-corrected chi connectivity index (χ3v) is 3.63. The van der Waals surface area contributed by atoms with Crippen LogP contribution in [0.3, 0.4) is 0 Å². The number of anilines is 1. The van der Waals surface area contributed by atoms with Crippen LogP contribution >= 0.6 is 34.8 Å². The van der Waals surface area contributed by atoms with Gasteiger partial charge in [-0.05, 0) is 36.4 Å². The fourth-order valence-electron chi connectivity index (χ4n) is 1.94. The van der Waals surface area contributed by atoms with Gasteiger partial charge >= 0.3 is 5.97 Å². The normalized spacial score (nSPS) is 11.0. The van der Waals surface area contributed by atoms with Gasteiger partial charge in [-0.3, -0.25) is 4.79 Å². The molecular formula is C17H12Cl3NO5. The molecule has 2 rings (SSSR count). The van der Waals surface area contributed by atoms with E-state index < -0.39 is 17.6 Å². The summed E-state index contributed by atoms with van der Waals surface area (Å²) in [6.45, 7) is 0. The van der Waals surface area contributed by atoms with Gasteiger partial charge < -0.3 is 19.9 Å². The zero-order valence-corrected chi connectivity index (χ0v) is 15.5. The molecule has 6 nitrogen and oxygen atoms in total. The number of carbonyl (C=O) groups is 2. The lowest BCUT2D eigenvalue weighted by atomic mass is 10.1. The average Bonchev–Trinajstić information content (AvgIpc) is 2.54. The number of benzene rings is 2. The van der Waals surface area contributed by atoms with Crippen molar-refractivity contribution < 1.29 is 24.2 Å². The van der Waals surface area contributed by atoms with E-state index in [0.29, 0.717) is 15.7 Å². The molecule has 26 heavy (non-hydrogen) atoms. The molecular weight excluding hydrogens is 405 g/mol. The minimum absolute atomic E-state index is 0.0110. The first-order valence-electron chi connectivity index (χ1n) is 7.01. The van der Waals surface area contributed by atoms with Gasteiger partial charge in [0.25, 0.3) is 5.91 Å². The van der Waals surface area contributed by atoms with Gasteiger partial charge in [0.15, 0.2) is 0 Å². The zero-order chi connectivity index (χ0) is 19.3. The molecule has 2 N–H and O–H groups in total. The first kappa shape index (κ1) is 19.9. The number of ether oxygens (including phenoxy) is 2. The number of aliphatic carboxylic acids is 1. The highest BCUT2D eigenvalue weighted by atomic mass is 35.5. The molecule has 0 spiro atoms. The van der Waals surface area contributed by atoms with Crippen molar-refractivity contribution >= 4 is 52.4 Å². The summed E-state index contributed by atoms with van der Waals surface area (Å²) < 4.78 is 9.93. The van der Waals surface area contributed by atoms with Crippen LogP contribution in [0.25, 0.3) is 0 Å². The molecule has 0 heterocycles. The molecule has 2 aromatic rings. The first-order chi connectivity index (χ1) is 12.3. The molecule has 0 aliphatic heterocycles. The maximum Gasteiger partial charge on any atom is 0.375 e. The predicted molar refractivity (Wildman–Crippen MR) is 99.2 cm³/mol. The van der Waals surface area contributed by atoms with E-state index in [4.69, 9.17) is 44.6 Å². The molecule has 0 radical (unpaired) electrons. The van der Waals surface area contributed by atoms with E-state index in [0.717, 1.165) is 6.26 Å². The second kappa shape index (κ2) is 8.80. The third-order valence-electron chi connectivity index (χ3n) is 2.96. The van der Waals surface area contributed by atoms with Crippen molar-refractivity contribution in [3.63, 3.8) is 0 Å². The van der Waals surface area contributed by atoms with Crippen molar-refractivity contribution in [1.29, 1.82) is 0 Å². The van der Waals surface area contributed by atoms with E-state index >= 15 is 0 Å². The molecule has 2 aromatic carbocycles. The van der Waals surface area contributed by atoms with Crippen LogP contribution in [0.15, 0.2) is 48.4 Å². The van der Waals surface area contributed by atoms with Crippen LogP contribution < -0.4 is 10.1 Å². The number of carboxylic acids is 1. The molecule has 0 aliphatic carbocycles. The summed E-state index contributed by atoms with van der Waals surface area (Å²) in [5, 5.41) is 12.7. The number of hydrogen-bond donors (Lipinski definition) is 2. The first-order valence-corrected chi connectivity index (χ1v) is 8.14. The Hall–Kier alpha value is -2.41. The highest BCUT2D eigenvalue weighted by Gasteiger charge is 2.18. The maximum atomic E-state index is 12.6. The van der Waals surface area contributed by atoms with E-state index in [2.05, 4.69) is 10.1 Å². The number of carbonyl (C=O) groups excluding carboxylic acids is 1. The maximum absolute atomic E-state index is 12.6. The van der Waals surface area contributed by atoms with Gasteiger partial charge in [-0.25, -0.2) is 4.79 Å². The molecule has 0 saturated heterocycles. The van der Waals surface area contributed by atoms with Gasteiger partial charge in [0.05, 0.1) is 12.7 Å². The molecule has 0 saturated carbocycles. The van der Waals surface area contributed by atoms with Gasteiger partial charge in [0.2, 0.25) is 5.76 Å². The van der Waals surface area contributed by atoms with Crippen LogP contribution in [0.2, 0.25) is 15.1 Å². The number of carboxylic acid groups (broad SMARTS) is 1. The minimum Gasteiger partial charge on any atom is -0.500 e. The van der Waals surface area contributed by atoms with Crippen molar-refractivity contribution in [2.75, 3.05) is 12.4 Å². The predicted octanol–water partition coefficient (Wildman–Crippen LogP) is 4.85. The molecule has 0 fully saturated rings. The molecule has 0 aromatic heterocycles. The monoisotopic (exact) mass is 415 g/mol. The smallest absolute Gasteiger partial charge is 0.375 e. The Balaban J connectivity index is 2.35. The fourth-order valence-corrected chi connectivity index (χ4v) is 2.63. The van der Waals surface area contributed by atoms with E-state index in [-0.39, 0.29) is 16.3 Å². The Labute approximate surface area is 163 Å². The van der Waals surface area contributed by atoms with E-state index in [1.807, 2.05) is 0 Å². The number of halogens is 3. The number of hydrogen-bond acceptors (Lipinski definition) is 4. The van der Waals surface area contributed by atoms with Crippen LogP contribution in [-0.2, 0) is 9.53 Å². The van der Waals surface area contributed by atoms with Gasteiger partial charge in [0.1, 0.15) is 12.0 Å². The standard InChI is InChI=1S/C17H12Cl3NO5/c1-25-8-15(17(23)24)26-14-3-2-9(18)7-13(14)16(22)21-12-5-10(19)4-11(20)6-12/h2-8H,1H3,(H,21,22)(H,23,24). The Morgan fingerprint density at radius 2 is 1.69 bits per heavy atom. The Morgan fingerprint density at radius 3 is 2.27 bits per heavy atom. The summed E-state index contributed by atoms with van der Waals surface area (Å²) in [6, 6.07) is 8.69. The average molecular weight is 417 g/mol. The largest absolute Gasteiger partial charge is 0.500 e. The number of methoxy groups -OCH3 is 1. The third kappa shape index (κ3) is 5.29. The Bertz CT molecular complexity index is 862. The Morgan fingerprint density at radius 1 is 1.04 bits per heavy atom. The van der Waals surface area contributed by atoms with Gasteiger partial charge in [-0.15, -0.1) is 0 Å². The molecule has 9 heteroatoms. The van der Waals surface area contributed by atoms with Crippen molar-refractivity contribution in [2.24, 2.45) is 0 Å². The molecule has 0 bridgehead atoms. The summed E-state index contributed by atoms with van der Waals surface area (Å²) in [5.41, 5.74) is 0.362. The van der Waals surface area contributed by atoms with Crippen molar-refractivity contribution in [3.05, 3.63) is 69.1 Å². The minimum atomic E-state index is -1.37. The highest BCUT2D eigenvalue weighted by molar-refractivity contribution is 6.35. The summed E-state index contributed by atoms with van der Waals surface area (Å²) in [4.78, 5) is 23.8. The van der Waals surface area contributed by atoms with Crippen LogP contribution in [-0.4, -0.2) is 24.1 Å². The zero-order valence-electron chi connectivity index (χ0n) is 13.3. The van der Waals surface area contributed by atoms with E-state index in [1.54, 1.807) is 0 Å². The summed E-state index contributed by atoms with van der Waals surface area (Å²) in [6.07, 6.45) is 0.898. The topological polar surface area (TPSA) is 84.9 Å². The lowest BCUT2D eigenvalue weighted by Crippen LogP contribution is -2.15. The second-order valence-electron chi connectivity index (χ2n) is 4.88. The van der Waals surface area contributed by atoms with Crippen LogP contribution in [0.1, 0.15) is 10.4 Å². The van der Waals surface area contributed by atoms with Gasteiger partial charge in [0, 0.05) is 20.8 Å².